The second-order valence-electron chi connectivity index (χ2n) is 6.37. The van der Waals surface area contributed by atoms with Gasteiger partial charge >= 0.3 is 0 Å². The molecule has 0 saturated carbocycles. The van der Waals surface area contributed by atoms with Crippen molar-refractivity contribution in [3.63, 3.8) is 0 Å². The molecule has 2 aromatic carbocycles. The molecule has 4 rings (SSSR count). The molecule has 140 valence electrons. The average Bonchev–Trinajstić information content (AvgIpc) is 3.09. The van der Waals surface area contributed by atoms with E-state index in [-0.39, 0.29) is 17.7 Å². The summed E-state index contributed by atoms with van der Waals surface area (Å²) in [5.74, 6) is -1.39. The molecule has 2 aromatic heterocycles. The molecule has 0 atom stereocenters. The van der Waals surface area contributed by atoms with Crippen molar-refractivity contribution in [1.82, 2.24) is 14.8 Å². The van der Waals surface area contributed by atoms with Crippen LogP contribution in [0.2, 0.25) is 0 Å². The summed E-state index contributed by atoms with van der Waals surface area (Å²) in [5.41, 5.74) is 3.10. The quantitative estimate of drug-likeness (QED) is 0.505. The van der Waals surface area contributed by atoms with Crippen molar-refractivity contribution in [2.45, 2.75) is 13.5 Å². The molecule has 7 heteroatoms. The summed E-state index contributed by atoms with van der Waals surface area (Å²) in [6.07, 6.45) is 0. The Balaban J connectivity index is 1.68. The van der Waals surface area contributed by atoms with Crippen LogP contribution in [0.5, 0.6) is 0 Å². The molecule has 4 nitrogen and oxygen atoms in total. The van der Waals surface area contributed by atoms with Crippen LogP contribution in [-0.4, -0.2) is 14.8 Å². The van der Waals surface area contributed by atoms with Crippen molar-refractivity contribution in [3.8, 4) is 21.8 Å². The lowest BCUT2D eigenvalue weighted by molar-refractivity contribution is 0.583. The standard InChI is InChI=1S/C21H15F2N3OS/c1-13-12-28-21(24-13)15-4-2-3-14(7-15)11-26-20(27)6-5-19(25-26)16-8-17(22)10-18(23)9-16/h2-10,12H,11H2,1H3. The summed E-state index contributed by atoms with van der Waals surface area (Å²) in [7, 11) is 0. The summed E-state index contributed by atoms with van der Waals surface area (Å²) in [6.45, 7) is 2.18. The topological polar surface area (TPSA) is 47.8 Å². The Kier molecular flexibility index (Phi) is 4.83. The summed E-state index contributed by atoms with van der Waals surface area (Å²) < 4.78 is 28.3. The molecule has 0 fully saturated rings. The molecule has 0 N–H and O–H groups in total. The van der Waals surface area contributed by atoms with E-state index in [1.807, 2.05) is 36.6 Å². The fourth-order valence-electron chi connectivity index (χ4n) is 2.88. The zero-order valence-electron chi connectivity index (χ0n) is 14.9. The number of thiazole rings is 1. The number of aromatic nitrogens is 3. The van der Waals surface area contributed by atoms with Crippen molar-refractivity contribution < 1.29 is 8.78 Å². The van der Waals surface area contributed by atoms with Crippen LogP contribution in [0.25, 0.3) is 21.8 Å². The minimum Gasteiger partial charge on any atom is -0.268 e. The number of rotatable bonds is 4. The van der Waals surface area contributed by atoms with Gasteiger partial charge in [-0.05, 0) is 36.8 Å². The molecule has 0 aliphatic heterocycles. The first-order chi connectivity index (χ1) is 13.5. The molecule has 0 spiro atoms. The number of hydrogen-bond donors (Lipinski definition) is 0. The fraction of sp³-hybridized carbons (Fsp3) is 0.0952. The van der Waals surface area contributed by atoms with Gasteiger partial charge in [-0.25, -0.2) is 18.4 Å². The smallest absolute Gasteiger partial charge is 0.267 e. The lowest BCUT2D eigenvalue weighted by Gasteiger charge is -2.09. The Labute approximate surface area is 163 Å². The van der Waals surface area contributed by atoms with Crippen LogP contribution >= 0.6 is 11.3 Å². The van der Waals surface area contributed by atoms with E-state index < -0.39 is 11.6 Å². The Morgan fingerprint density at radius 3 is 2.50 bits per heavy atom. The number of nitrogens with zero attached hydrogens (tertiary/aromatic N) is 3. The first-order valence-corrected chi connectivity index (χ1v) is 9.42. The van der Waals surface area contributed by atoms with Gasteiger partial charge in [0.2, 0.25) is 0 Å². The van der Waals surface area contributed by atoms with Crippen LogP contribution in [0.15, 0.2) is 64.8 Å². The van der Waals surface area contributed by atoms with Crippen LogP contribution < -0.4 is 5.56 Å². The molecule has 0 amide bonds. The van der Waals surface area contributed by atoms with Crippen LogP contribution in [0.1, 0.15) is 11.3 Å². The Bertz CT molecular complexity index is 1200. The molecule has 0 aliphatic rings. The highest BCUT2D eigenvalue weighted by molar-refractivity contribution is 7.13. The molecule has 0 bridgehead atoms. The van der Waals surface area contributed by atoms with Crippen molar-refractivity contribution in [2.24, 2.45) is 0 Å². The third-order valence-corrected chi connectivity index (χ3v) is 5.16. The van der Waals surface area contributed by atoms with Gasteiger partial charge in [-0.15, -0.1) is 11.3 Å². The van der Waals surface area contributed by atoms with Gasteiger partial charge in [0.15, 0.2) is 0 Å². The van der Waals surface area contributed by atoms with Crippen LogP contribution in [0.4, 0.5) is 8.78 Å². The molecule has 28 heavy (non-hydrogen) atoms. The van der Waals surface area contributed by atoms with E-state index in [9.17, 15) is 13.6 Å². The predicted molar refractivity (Wildman–Crippen MR) is 105 cm³/mol. The Morgan fingerprint density at radius 2 is 1.79 bits per heavy atom. The van der Waals surface area contributed by atoms with E-state index in [0.29, 0.717) is 5.69 Å². The zero-order valence-corrected chi connectivity index (χ0v) is 15.7. The van der Waals surface area contributed by atoms with Gasteiger partial charge in [0.05, 0.1) is 12.2 Å². The van der Waals surface area contributed by atoms with Crippen molar-refractivity contribution in [2.75, 3.05) is 0 Å². The molecular weight excluding hydrogens is 380 g/mol. The molecule has 2 heterocycles. The van der Waals surface area contributed by atoms with Gasteiger partial charge in [-0.1, -0.05) is 18.2 Å². The second-order valence-corrected chi connectivity index (χ2v) is 7.23. The van der Waals surface area contributed by atoms with Gasteiger partial charge in [-0.2, -0.15) is 5.10 Å². The highest BCUT2D eigenvalue weighted by Crippen LogP contribution is 2.24. The van der Waals surface area contributed by atoms with E-state index in [0.717, 1.165) is 27.9 Å². The number of benzene rings is 2. The van der Waals surface area contributed by atoms with Gasteiger partial charge in [0.1, 0.15) is 16.6 Å². The lowest BCUT2D eigenvalue weighted by atomic mass is 10.1. The van der Waals surface area contributed by atoms with Gasteiger partial charge < -0.3 is 0 Å². The molecule has 0 unspecified atom stereocenters. The number of hydrogen-bond acceptors (Lipinski definition) is 4. The van der Waals surface area contributed by atoms with Crippen molar-refractivity contribution in [3.05, 3.63) is 93.2 Å². The maximum absolute atomic E-state index is 13.5. The SMILES string of the molecule is Cc1csc(-c2cccc(Cn3nc(-c4cc(F)cc(F)c4)ccc3=O)c2)n1. The zero-order chi connectivity index (χ0) is 19.7. The minimum atomic E-state index is -0.694. The normalized spacial score (nSPS) is 11.0. The lowest BCUT2D eigenvalue weighted by Crippen LogP contribution is -2.22. The van der Waals surface area contributed by atoms with Crippen molar-refractivity contribution in [1.29, 1.82) is 0 Å². The monoisotopic (exact) mass is 395 g/mol. The largest absolute Gasteiger partial charge is 0.268 e. The average molecular weight is 395 g/mol. The predicted octanol–water partition coefficient (Wildman–Crippen LogP) is 4.67. The summed E-state index contributed by atoms with van der Waals surface area (Å²) in [5, 5.41) is 7.17. The highest BCUT2D eigenvalue weighted by Gasteiger charge is 2.09. The number of aryl methyl sites for hydroxylation is 1. The van der Waals surface area contributed by atoms with E-state index >= 15 is 0 Å². The van der Waals surface area contributed by atoms with Crippen LogP contribution in [0.3, 0.4) is 0 Å². The van der Waals surface area contributed by atoms with Gasteiger partial charge in [0.25, 0.3) is 5.56 Å². The van der Waals surface area contributed by atoms with E-state index in [4.69, 9.17) is 0 Å². The van der Waals surface area contributed by atoms with Gasteiger partial charge in [0, 0.05) is 34.3 Å². The van der Waals surface area contributed by atoms with E-state index in [1.54, 1.807) is 11.3 Å². The first kappa shape index (κ1) is 18.2. The third-order valence-electron chi connectivity index (χ3n) is 4.15. The number of halogens is 2. The molecule has 0 saturated heterocycles. The first-order valence-electron chi connectivity index (χ1n) is 8.54. The van der Waals surface area contributed by atoms with Crippen LogP contribution in [0, 0.1) is 18.6 Å². The minimum absolute atomic E-state index is 0.239. The van der Waals surface area contributed by atoms with Crippen LogP contribution in [-0.2, 0) is 6.54 Å². The molecular formula is C21H15F2N3OS. The summed E-state index contributed by atoms with van der Waals surface area (Å²) in [6, 6.07) is 13.7. The molecule has 0 aliphatic carbocycles. The maximum atomic E-state index is 13.5. The maximum Gasteiger partial charge on any atom is 0.267 e. The third kappa shape index (κ3) is 3.89. The molecule has 0 radical (unpaired) electrons. The fourth-order valence-corrected chi connectivity index (χ4v) is 3.67. The van der Waals surface area contributed by atoms with Gasteiger partial charge in [-0.3, -0.25) is 4.79 Å². The highest BCUT2D eigenvalue weighted by atomic mass is 32.1. The van der Waals surface area contributed by atoms with E-state index in [1.165, 1.54) is 28.9 Å². The summed E-state index contributed by atoms with van der Waals surface area (Å²) in [4.78, 5) is 16.7. The Morgan fingerprint density at radius 1 is 1.00 bits per heavy atom. The second kappa shape index (κ2) is 7.44. The Hall–Kier alpha value is -3.19. The summed E-state index contributed by atoms with van der Waals surface area (Å²) >= 11 is 1.56. The van der Waals surface area contributed by atoms with Crippen molar-refractivity contribution >= 4 is 11.3 Å². The molecule has 4 aromatic rings. The van der Waals surface area contributed by atoms with E-state index in [2.05, 4.69) is 10.1 Å².